The van der Waals surface area contributed by atoms with E-state index in [2.05, 4.69) is 49.3 Å². The molecule has 0 heterocycles. The number of hydrogen-bond donors (Lipinski definition) is 3. The number of halogens is 4. The monoisotopic (exact) mass is 568 g/mol. The molecule has 0 saturated carbocycles. The van der Waals surface area contributed by atoms with Crippen molar-refractivity contribution in [1.29, 1.82) is 0 Å². The van der Waals surface area contributed by atoms with Crippen LogP contribution in [0.1, 0.15) is 29.8 Å². The number of hydrogen-bond acceptors (Lipinski definition) is 4. The van der Waals surface area contributed by atoms with Gasteiger partial charge in [-0.1, -0.05) is 13.8 Å². The van der Waals surface area contributed by atoms with E-state index in [1.54, 1.807) is 26.0 Å². The number of carbonyl (C=O) groups excluding carboxylic acids is 1. The number of rotatable bonds is 7. The van der Waals surface area contributed by atoms with Gasteiger partial charge in [0.2, 0.25) is 0 Å². The molecule has 1 amide bonds. The van der Waals surface area contributed by atoms with Crippen LogP contribution >= 0.6 is 38.5 Å². The van der Waals surface area contributed by atoms with Crippen molar-refractivity contribution in [2.45, 2.75) is 26.9 Å². The zero-order valence-corrected chi connectivity index (χ0v) is 19.2. The molecule has 28 heavy (non-hydrogen) atoms. The van der Waals surface area contributed by atoms with Gasteiger partial charge in [0.1, 0.15) is 6.61 Å². The molecule has 9 heteroatoms. The van der Waals surface area contributed by atoms with Crippen LogP contribution in [0.25, 0.3) is 0 Å². The Bertz CT molecular complexity index is 881. The van der Waals surface area contributed by atoms with E-state index in [1.807, 2.05) is 13.0 Å². The fraction of sp³-hybridized carbons (Fsp3) is 0.316. The van der Waals surface area contributed by atoms with Crippen molar-refractivity contribution in [3.8, 4) is 0 Å². The Kier molecular flexibility index (Phi) is 8.17. The van der Waals surface area contributed by atoms with Gasteiger partial charge in [-0.3, -0.25) is 9.63 Å². The summed E-state index contributed by atoms with van der Waals surface area (Å²) in [5.74, 6) is -3.14. The molecule has 0 bridgehead atoms. The van der Waals surface area contributed by atoms with Gasteiger partial charge in [0.25, 0.3) is 5.91 Å². The van der Waals surface area contributed by atoms with Crippen LogP contribution in [-0.4, -0.2) is 23.7 Å². The third-order valence-corrected chi connectivity index (χ3v) is 5.29. The van der Waals surface area contributed by atoms with Crippen molar-refractivity contribution in [3.05, 3.63) is 55.1 Å². The molecule has 0 spiro atoms. The van der Waals surface area contributed by atoms with Crippen molar-refractivity contribution in [3.63, 3.8) is 0 Å². The molecular weight excluding hydrogens is 549 g/mol. The first-order chi connectivity index (χ1) is 13.1. The molecule has 1 atom stereocenters. The van der Waals surface area contributed by atoms with Crippen LogP contribution in [0.2, 0.25) is 0 Å². The predicted octanol–water partition coefficient (Wildman–Crippen LogP) is 5.06. The average molecular weight is 569 g/mol. The van der Waals surface area contributed by atoms with Gasteiger partial charge in [0.05, 0.1) is 21.8 Å². The van der Waals surface area contributed by atoms with Gasteiger partial charge in [-0.05, 0) is 81.2 Å². The maximum Gasteiger partial charge on any atom is 0.277 e. The Hall–Kier alpha value is -1.30. The summed E-state index contributed by atoms with van der Waals surface area (Å²) >= 11 is 5.06. The second kappa shape index (κ2) is 9.95. The van der Waals surface area contributed by atoms with Crippen LogP contribution in [-0.2, 0) is 4.84 Å². The highest BCUT2D eigenvalue weighted by atomic mass is 127. The van der Waals surface area contributed by atoms with E-state index in [4.69, 9.17) is 4.84 Å². The van der Waals surface area contributed by atoms with Crippen molar-refractivity contribution in [2.24, 2.45) is 5.92 Å². The molecule has 0 radical (unpaired) electrons. The molecule has 152 valence electrons. The van der Waals surface area contributed by atoms with Gasteiger partial charge in [0.15, 0.2) is 11.6 Å². The third-order valence-electron chi connectivity index (χ3n) is 4.04. The average Bonchev–Trinajstić information content (AvgIpc) is 2.63. The highest BCUT2D eigenvalue weighted by Gasteiger charge is 2.23. The summed E-state index contributed by atoms with van der Waals surface area (Å²) in [6.07, 6.45) is -0.774. The molecule has 5 nitrogen and oxygen atoms in total. The molecular formula is C19H20BrF2IN2O3. The zero-order valence-electron chi connectivity index (χ0n) is 15.4. The van der Waals surface area contributed by atoms with Gasteiger partial charge in [-0.2, -0.15) is 0 Å². The van der Waals surface area contributed by atoms with Crippen molar-refractivity contribution < 1.29 is 23.5 Å². The van der Waals surface area contributed by atoms with Crippen LogP contribution in [0, 0.1) is 28.0 Å². The smallest absolute Gasteiger partial charge is 0.277 e. The van der Waals surface area contributed by atoms with Crippen LogP contribution < -0.4 is 10.8 Å². The van der Waals surface area contributed by atoms with Crippen LogP contribution in [0.15, 0.2) is 28.7 Å². The van der Waals surface area contributed by atoms with E-state index in [1.165, 1.54) is 6.07 Å². The van der Waals surface area contributed by atoms with Gasteiger partial charge in [-0.25, -0.2) is 14.3 Å². The van der Waals surface area contributed by atoms with Crippen molar-refractivity contribution >= 4 is 55.8 Å². The predicted molar refractivity (Wildman–Crippen MR) is 115 cm³/mol. The van der Waals surface area contributed by atoms with Gasteiger partial charge in [-0.15, -0.1) is 0 Å². The second-order valence-corrected chi connectivity index (χ2v) is 8.65. The van der Waals surface area contributed by atoms with E-state index < -0.39 is 23.6 Å². The minimum atomic E-state index is -1.19. The lowest BCUT2D eigenvalue weighted by atomic mass is 10.1. The summed E-state index contributed by atoms with van der Waals surface area (Å²) in [6.45, 7) is 5.28. The minimum Gasteiger partial charge on any atom is -0.390 e. The number of aliphatic hydroxyl groups is 1. The standard InChI is InChI=1S/C19H20BrF2IN2O3/c1-9(2)15(26)8-28-25-19(27)12-7-13(20)16(21)17(22)18(12)24-14-5-4-11(23)6-10(14)3/h4-7,9,15,24,26H,8H2,1-3H3,(H,25,27). The van der Waals surface area contributed by atoms with E-state index in [0.29, 0.717) is 5.69 Å². The highest BCUT2D eigenvalue weighted by Crippen LogP contribution is 2.32. The summed E-state index contributed by atoms with van der Waals surface area (Å²) in [6, 6.07) is 6.55. The van der Waals surface area contributed by atoms with Crippen LogP contribution in [0.4, 0.5) is 20.2 Å². The summed E-state index contributed by atoms with van der Waals surface area (Å²) in [5.41, 5.74) is 3.04. The largest absolute Gasteiger partial charge is 0.390 e. The van der Waals surface area contributed by atoms with E-state index in [-0.39, 0.29) is 28.2 Å². The molecule has 0 saturated heterocycles. The molecule has 2 rings (SSSR count). The van der Waals surface area contributed by atoms with Crippen LogP contribution in [0.3, 0.4) is 0 Å². The van der Waals surface area contributed by atoms with E-state index in [9.17, 15) is 18.7 Å². The normalized spacial score (nSPS) is 12.2. The molecule has 2 aromatic carbocycles. The first kappa shape index (κ1) is 23.0. The molecule has 0 fully saturated rings. The fourth-order valence-electron chi connectivity index (χ4n) is 2.24. The van der Waals surface area contributed by atoms with Gasteiger partial charge in [0, 0.05) is 9.26 Å². The van der Waals surface area contributed by atoms with Gasteiger partial charge >= 0.3 is 0 Å². The fourth-order valence-corrected chi connectivity index (χ4v) is 3.29. The quantitative estimate of drug-likeness (QED) is 0.248. The maximum atomic E-state index is 14.6. The lowest BCUT2D eigenvalue weighted by Gasteiger charge is -2.17. The lowest BCUT2D eigenvalue weighted by Crippen LogP contribution is -2.31. The topological polar surface area (TPSA) is 70.6 Å². The van der Waals surface area contributed by atoms with Crippen molar-refractivity contribution in [1.82, 2.24) is 5.48 Å². The lowest BCUT2D eigenvalue weighted by molar-refractivity contribution is -0.0268. The number of benzene rings is 2. The Labute approximate surface area is 184 Å². The second-order valence-electron chi connectivity index (χ2n) is 6.55. The Morgan fingerprint density at radius 2 is 1.96 bits per heavy atom. The Balaban J connectivity index is 2.31. The number of nitrogens with one attached hydrogen (secondary N) is 2. The number of aliphatic hydroxyl groups excluding tert-OH is 1. The maximum absolute atomic E-state index is 14.6. The van der Waals surface area contributed by atoms with Gasteiger partial charge < -0.3 is 10.4 Å². The zero-order chi connectivity index (χ0) is 21.0. The molecule has 0 aliphatic rings. The minimum absolute atomic E-state index is 0.0598. The Morgan fingerprint density at radius 1 is 1.29 bits per heavy atom. The van der Waals surface area contributed by atoms with E-state index >= 15 is 0 Å². The summed E-state index contributed by atoms with van der Waals surface area (Å²) in [4.78, 5) is 17.5. The number of carbonyl (C=O) groups is 1. The molecule has 0 aromatic heterocycles. The van der Waals surface area contributed by atoms with Crippen molar-refractivity contribution in [2.75, 3.05) is 11.9 Å². The molecule has 0 aliphatic heterocycles. The summed E-state index contributed by atoms with van der Waals surface area (Å²) < 4.78 is 29.5. The first-order valence-corrected chi connectivity index (χ1v) is 10.3. The molecule has 1 unspecified atom stereocenters. The highest BCUT2D eigenvalue weighted by molar-refractivity contribution is 14.1. The summed E-state index contributed by atoms with van der Waals surface area (Å²) in [7, 11) is 0. The molecule has 2 aromatic rings. The first-order valence-electron chi connectivity index (χ1n) is 8.42. The Morgan fingerprint density at radius 3 is 2.57 bits per heavy atom. The molecule has 3 N–H and O–H groups in total. The van der Waals surface area contributed by atoms with Crippen LogP contribution in [0.5, 0.6) is 0 Å². The SMILES string of the molecule is Cc1cc(I)ccc1Nc1c(C(=O)NOCC(O)C(C)C)cc(Br)c(F)c1F. The number of aryl methyl sites for hydroxylation is 1. The summed E-state index contributed by atoms with van der Waals surface area (Å²) in [5, 5.41) is 12.5. The molecule has 0 aliphatic carbocycles. The third kappa shape index (κ3) is 5.62. The number of hydroxylamine groups is 1. The number of amides is 1. The number of anilines is 2. The van der Waals surface area contributed by atoms with E-state index in [0.717, 1.165) is 9.13 Å².